The highest BCUT2D eigenvalue weighted by molar-refractivity contribution is 5.76. The molecular formula is C15H28N2O3. The smallest absolute Gasteiger partial charge is 0.303 e. The number of carbonyl (C=O) groups is 2. The first-order valence-corrected chi connectivity index (χ1v) is 7.76. The monoisotopic (exact) mass is 284 g/mol. The van der Waals surface area contributed by atoms with Crippen molar-refractivity contribution in [2.45, 2.75) is 51.9 Å². The number of nitrogens with zero attached hydrogens (tertiary/aromatic N) is 1. The van der Waals surface area contributed by atoms with Crippen LogP contribution in [-0.2, 0) is 9.59 Å². The van der Waals surface area contributed by atoms with Crippen molar-refractivity contribution in [1.82, 2.24) is 4.90 Å². The van der Waals surface area contributed by atoms with E-state index in [1.165, 1.54) is 0 Å². The summed E-state index contributed by atoms with van der Waals surface area (Å²) in [5.41, 5.74) is 5.57. The van der Waals surface area contributed by atoms with Crippen molar-refractivity contribution >= 4 is 11.9 Å². The average molecular weight is 284 g/mol. The zero-order valence-corrected chi connectivity index (χ0v) is 12.5. The minimum Gasteiger partial charge on any atom is -0.481 e. The summed E-state index contributed by atoms with van der Waals surface area (Å²) < 4.78 is 0. The summed E-state index contributed by atoms with van der Waals surface area (Å²) in [5, 5.41) is 8.68. The van der Waals surface area contributed by atoms with Crippen molar-refractivity contribution < 1.29 is 14.7 Å². The third-order valence-corrected chi connectivity index (χ3v) is 4.32. The van der Waals surface area contributed by atoms with Crippen molar-refractivity contribution in [2.75, 3.05) is 19.6 Å². The summed E-state index contributed by atoms with van der Waals surface area (Å²) in [6, 6.07) is 0. The third kappa shape index (κ3) is 5.90. The first kappa shape index (κ1) is 17.0. The van der Waals surface area contributed by atoms with E-state index in [0.717, 1.165) is 38.8 Å². The van der Waals surface area contributed by atoms with Crippen molar-refractivity contribution in [3.63, 3.8) is 0 Å². The van der Waals surface area contributed by atoms with E-state index >= 15 is 0 Å². The van der Waals surface area contributed by atoms with E-state index < -0.39 is 5.97 Å². The molecule has 0 radical (unpaired) electrons. The number of hydrogen-bond acceptors (Lipinski definition) is 3. The molecule has 0 aromatic heterocycles. The zero-order chi connectivity index (χ0) is 15.0. The van der Waals surface area contributed by atoms with Crippen molar-refractivity contribution in [2.24, 2.45) is 17.6 Å². The van der Waals surface area contributed by atoms with Gasteiger partial charge < -0.3 is 15.7 Å². The van der Waals surface area contributed by atoms with Gasteiger partial charge in [-0.1, -0.05) is 13.3 Å². The van der Waals surface area contributed by atoms with E-state index in [1.54, 1.807) is 0 Å². The topological polar surface area (TPSA) is 83.6 Å². The van der Waals surface area contributed by atoms with Gasteiger partial charge in [-0.25, -0.2) is 0 Å². The number of nitrogens with two attached hydrogens (primary N) is 1. The SMILES string of the molecule is CCC(CCN)CCC(=O)N1CCC(CCC(=O)O)C1. The Morgan fingerprint density at radius 3 is 2.70 bits per heavy atom. The van der Waals surface area contributed by atoms with Crippen LogP contribution in [0.1, 0.15) is 51.9 Å². The second-order valence-corrected chi connectivity index (χ2v) is 5.82. The largest absolute Gasteiger partial charge is 0.481 e. The molecule has 2 atom stereocenters. The van der Waals surface area contributed by atoms with Gasteiger partial charge in [0, 0.05) is 25.9 Å². The molecule has 5 nitrogen and oxygen atoms in total. The van der Waals surface area contributed by atoms with Crippen LogP contribution >= 0.6 is 0 Å². The van der Waals surface area contributed by atoms with Crippen molar-refractivity contribution in [1.29, 1.82) is 0 Å². The molecule has 1 aliphatic rings. The second kappa shape index (κ2) is 8.95. The van der Waals surface area contributed by atoms with Crippen LogP contribution in [0.15, 0.2) is 0 Å². The number of carbonyl (C=O) groups excluding carboxylic acids is 1. The number of hydrogen-bond donors (Lipinski definition) is 2. The maximum atomic E-state index is 12.1. The van der Waals surface area contributed by atoms with Gasteiger partial charge in [0.25, 0.3) is 0 Å². The van der Waals surface area contributed by atoms with Crippen LogP contribution < -0.4 is 5.73 Å². The van der Waals surface area contributed by atoms with E-state index in [0.29, 0.717) is 31.2 Å². The van der Waals surface area contributed by atoms with Crippen LogP contribution in [0.4, 0.5) is 0 Å². The summed E-state index contributed by atoms with van der Waals surface area (Å²) in [7, 11) is 0. The maximum Gasteiger partial charge on any atom is 0.303 e. The van der Waals surface area contributed by atoms with E-state index in [1.807, 2.05) is 4.90 Å². The molecule has 5 heteroatoms. The van der Waals surface area contributed by atoms with Crippen LogP contribution in [0.5, 0.6) is 0 Å². The van der Waals surface area contributed by atoms with Crippen molar-refractivity contribution in [3.05, 3.63) is 0 Å². The highest BCUT2D eigenvalue weighted by Gasteiger charge is 2.26. The van der Waals surface area contributed by atoms with E-state index in [-0.39, 0.29) is 12.3 Å². The molecular weight excluding hydrogens is 256 g/mol. The van der Waals surface area contributed by atoms with Gasteiger partial charge in [-0.05, 0) is 44.1 Å². The quantitative estimate of drug-likeness (QED) is 0.677. The van der Waals surface area contributed by atoms with Gasteiger partial charge in [0.1, 0.15) is 0 Å². The number of amides is 1. The fraction of sp³-hybridized carbons (Fsp3) is 0.867. The summed E-state index contributed by atoms with van der Waals surface area (Å²) in [5.74, 6) is 0.385. The molecule has 1 fully saturated rings. The third-order valence-electron chi connectivity index (χ3n) is 4.32. The number of likely N-dealkylation sites (tertiary alicyclic amines) is 1. The highest BCUT2D eigenvalue weighted by atomic mass is 16.4. The second-order valence-electron chi connectivity index (χ2n) is 5.82. The molecule has 1 rings (SSSR count). The lowest BCUT2D eigenvalue weighted by Crippen LogP contribution is -2.29. The highest BCUT2D eigenvalue weighted by Crippen LogP contribution is 2.23. The van der Waals surface area contributed by atoms with Gasteiger partial charge >= 0.3 is 5.97 Å². The molecule has 20 heavy (non-hydrogen) atoms. The normalized spacial score (nSPS) is 20.1. The molecule has 0 aromatic rings. The fourth-order valence-electron chi connectivity index (χ4n) is 2.90. The Labute approximate surface area is 121 Å². The van der Waals surface area contributed by atoms with Crippen LogP contribution in [0.2, 0.25) is 0 Å². The zero-order valence-electron chi connectivity index (χ0n) is 12.5. The molecule has 0 bridgehead atoms. The molecule has 1 heterocycles. The Hall–Kier alpha value is -1.10. The number of carboxylic acids is 1. The lowest BCUT2D eigenvalue weighted by molar-refractivity contribution is -0.137. The predicted octanol–water partition coefficient (Wildman–Crippen LogP) is 1.85. The first-order valence-electron chi connectivity index (χ1n) is 7.76. The number of rotatable bonds is 9. The molecule has 0 saturated carbocycles. The minimum absolute atomic E-state index is 0.209. The summed E-state index contributed by atoms with van der Waals surface area (Å²) >= 11 is 0. The molecule has 1 amide bonds. The van der Waals surface area contributed by atoms with E-state index in [2.05, 4.69) is 6.92 Å². The Morgan fingerprint density at radius 2 is 2.10 bits per heavy atom. The molecule has 116 valence electrons. The standard InChI is InChI=1S/C15H28N2O3/c1-2-12(7-9-16)3-5-14(18)17-10-8-13(11-17)4-6-15(19)20/h12-13H,2-11,16H2,1H3,(H,19,20). The van der Waals surface area contributed by atoms with Gasteiger partial charge in [-0.3, -0.25) is 9.59 Å². The Kier molecular flexibility index (Phi) is 7.59. The van der Waals surface area contributed by atoms with Gasteiger partial charge in [0.05, 0.1) is 0 Å². The molecule has 0 spiro atoms. The number of carboxylic acid groups (broad SMARTS) is 1. The summed E-state index contributed by atoms with van der Waals surface area (Å²) in [6.45, 7) is 4.35. The lowest BCUT2D eigenvalue weighted by Gasteiger charge is -2.19. The Balaban J connectivity index is 2.26. The van der Waals surface area contributed by atoms with E-state index in [9.17, 15) is 9.59 Å². The van der Waals surface area contributed by atoms with Gasteiger partial charge in [0.15, 0.2) is 0 Å². The van der Waals surface area contributed by atoms with Gasteiger partial charge in [-0.2, -0.15) is 0 Å². The maximum absolute atomic E-state index is 12.1. The first-order chi connectivity index (χ1) is 9.56. The minimum atomic E-state index is -0.748. The van der Waals surface area contributed by atoms with Crippen LogP contribution in [-0.4, -0.2) is 41.5 Å². The summed E-state index contributed by atoms with van der Waals surface area (Å²) in [6.07, 6.45) is 5.42. The average Bonchev–Trinajstić information content (AvgIpc) is 2.89. The molecule has 1 aliphatic heterocycles. The van der Waals surface area contributed by atoms with Gasteiger partial charge in [-0.15, -0.1) is 0 Å². The van der Waals surface area contributed by atoms with Crippen molar-refractivity contribution in [3.8, 4) is 0 Å². The fourth-order valence-corrected chi connectivity index (χ4v) is 2.90. The molecule has 0 aromatic carbocycles. The molecule has 2 unspecified atom stereocenters. The molecule has 1 saturated heterocycles. The lowest BCUT2D eigenvalue weighted by atomic mass is 9.96. The Bertz CT molecular complexity index is 320. The number of aliphatic carboxylic acids is 1. The summed E-state index contributed by atoms with van der Waals surface area (Å²) in [4.78, 5) is 24.6. The van der Waals surface area contributed by atoms with Gasteiger partial charge in [0.2, 0.25) is 5.91 Å². The van der Waals surface area contributed by atoms with Crippen LogP contribution in [0.3, 0.4) is 0 Å². The predicted molar refractivity (Wildman–Crippen MR) is 78.2 cm³/mol. The van der Waals surface area contributed by atoms with Crippen LogP contribution in [0, 0.1) is 11.8 Å². The van der Waals surface area contributed by atoms with E-state index in [4.69, 9.17) is 10.8 Å². The Morgan fingerprint density at radius 1 is 1.35 bits per heavy atom. The molecule has 3 N–H and O–H groups in total. The van der Waals surface area contributed by atoms with Crippen LogP contribution in [0.25, 0.3) is 0 Å². The molecule has 0 aliphatic carbocycles.